The fourth-order valence-electron chi connectivity index (χ4n) is 1.98. The molecule has 2 nitrogen and oxygen atoms in total. The van der Waals surface area contributed by atoms with Crippen LogP contribution in [-0.2, 0) is 0 Å². The number of ether oxygens (including phenoxy) is 1. The molecule has 0 saturated heterocycles. The lowest BCUT2D eigenvalue weighted by molar-refractivity contribution is -0.00000505. The van der Waals surface area contributed by atoms with Gasteiger partial charge in [-0.3, -0.25) is 0 Å². The van der Waals surface area contributed by atoms with Gasteiger partial charge in [0.15, 0.2) is 0 Å². The molecule has 0 aliphatic rings. The number of aryl methyl sites for hydroxylation is 1. The molecule has 0 atom stereocenters. The Morgan fingerprint density at radius 3 is 2.00 bits per heavy atom. The van der Waals surface area contributed by atoms with Crippen molar-refractivity contribution in [1.82, 2.24) is 4.90 Å². The summed E-state index contributed by atoms with van der Waals surface area (Å²) in [5.41, 5.74) is 1.28. The van der Waals surface area contributed by atoms with E-state index >= 15 is 0 Å². The van der Waals surface area contributed by atoms with Gasteiger partial charge in [0.1, 0.15) is 5.75 Å². The van der Waals surface area contributed by atoms with Gasteiger partial charge in [-0.1, -0.05) is 45.4 Å². The van der Waals surface area contributed by atoms with Gasteiger partial charge in [0, 0.05) is 0 Å². The molecule has 0 unspecified atom stereocenters. The normalized spacial score (nSPS) is 9.62. The largest absolute Gasteiger partial charge is 1.00 e. The molecule has 21 heavy (non-hydrogen) atoms. The molecular weight excluding hydrogens is 373 g/mol. The van der Waals surface area contributed by atoms with E-state index in [-0.39, 0.29) is 24.0 Å². The number of nitrogens with zero attached hydrogens (tertiary/aromatic N) is 1. The molecule has 1 aromatic carbocycles. The highest BCUT2D eigenvalue weighted by Gasteiger charge is 1.98. The van der Waals surface area contributed by atoms with Gasteiger partial charge in [-0.15, -0.1) is 0 Å². The van der Waals surface area contributed by atoms with E-state index in [9.17, 15) is 0 Å². The lowest BCUT2D eigenvalue weighted by Gasteiger charge is -2.17. The van der Waals surface area contributed by atoms with Crippen molar-refractivity contribution < 1.29 is 28.7 Å². The number of hydrogen-bond acceptors (Lipinski definition) is 2. The molecule has 0 fully saturated rings. The maximum atomic E-state index is 5.71. The Bertz CT molecular complexity index is 309. The summed E-state index contributed by atoms with van der Waals surface area (Å²) in [6.45, 7) is 14.9. The van der Waals surface area contributed by atoms with Crippen LogP contribution in [0.3, 0.4) is 0 Å². The van der Waals surface area contributed by atoms with Crippen LogP contribution >= 0.6 is 0 Å². The summed E-state index contributed by atoms with van der Waals surface area (Å²) < 4.78 is 5.71. The maximum absolute atomic E-state index is 5.71. The second-order valence-corrected chi connectivity index (χ2v) is 4.75. The topological polar surface area (TPSA) is 12.5 Å². The van der Waals surface area contributed by atoms with Crippen LogP contribution in [-0.4, -0.2) is 31.1 Å². The monoisotopic (exact) mass is 406 g/mol. The molecule has 0 radical (unpaired) electrons. The SMILES string of the molecule is CC.CCN(CC)CCCCCOc1ccc(C)cc1.[I-]. The van der Waals surface area contributed by atoms with Crippen LogP contribution in [0.4, 0.5) is 0 Å². The molecule has 0 N–H and O–H groups in total. The van der Waals surface area contributed by atoms with E-state index in [0.717, 1.165) is 31.9 Å². The first-order valence-electron chi connectivity index (χ1n) is 8.18. The molecule has 0 spiro atoms. The predicted molar refractivity (Wildman–Crippen MR) is 89.7 cm³/mol. The third kappa shape index (κ3) is 12.0. The number of halogens is 1. The number of benzene rings is 1. The maximum Gasteiger partial charge on any atom is 0.119 e. The van der Waals surface area contributed by atoms with Crippen LogP contribution in [0.15, 0.2) is 24.3 Å². The zero-order valence-corrected chi connectivity index (χ0v) is 16.7. The van der Waals surface area contributed by atoms with Crippen molar-refractivity contribution in [2.24, 2.45) is 0 Å². The van der Waals surface area contributed by atoms with E-state index in [1.54, 1.807) is 0 Å². The van der Waals surface area contributed by atoms with Crippen molar-refractivity contribution in [3.63, 3.8) is 0 Å². The molecule has 0 aromatic heterocycles. The molecule has 1 rings (SSSR count). The van der Waals surface area contributed by atoms with Crippen LogP contribution in [0.1, 0.15) is 52.5 Å². The van der Waals surface area contributed by atoms with E-state index in [1.165, 1.54) is 24.9 Å². The zero-order chi connectivity index (χ0) is 15.2. The fraction of sp³-hybridized carbons (Fsp3) is 0.667. The summed E-state index contributed by atoms with van der Waals surface area (Å²) in [7, 11) is 0. The first-order chi connectivity index (χ1) is 9.76. The van der Waals surface area contributed by atoms with Crippen LogP contribution in [0.5, 0.6) is 5.75 Å². The van der Waals surface area contributed by atoms with Gasteiger partial charge in [-0.25, -0.2) is 0 Å². The standard InChI is InChI=1S/C16H27NO.C2H6.HI/c1-4-17(5-2)13-7-6-8-14-18-16-11-9-15(3)10-12-16;1-2;/h9-12H,4-8,13-14H2,1-3H3;1-2H3;1H/p-1. The predicted octanol–water partition coefficient (Wildman–Crippen LogP) is 1.92. The van der Waals surface area contributed by atoms with Crippen molar-refractivity contribution in [1.29, 1.82) is 0 Å². The smallest absolute Gasteiger partial charge is 0.119 e. The third-order valence-corrected chi connectivity index (χ3v) is 3.30. The number of rotatable bonds is 9. The summed E-state index contributed by atoms with van der Waals surface area (Å²) in [6.07, 6.45) is 3.68. The highest BCUT2D eigenvalue weighted by atomic mass is 127. The summed E-state index contributed by atoms with van der Waals surface area (Å²) in [4.78, 5) is 2.47. The van der Waals surface area contributed by atoms with Crippen LogP contribution in [0.2, 0.25) is 0 Å². The van der Waals surface area contributed by atoms with Gasteiger partial charge < -0.3 is 33.6 Å². The third-order valence-electron chi connectivity index (χ3n) is 3.30. The van der Waals surface area contributed by atoms with Crippen LogP contribution in [0, 0.1) is 6.92 Å². The average Bonchev–Trinajstić information content (AvgIpc) is 2.50. The summed E-state index contributed by atoms with van der Waals surface area (Å²) in [5, 5.41) is 0. The molecule has 124 valence electrons. The van der Waals surface area contributed by atoms with Gasteiger partial charge in [0.25, 0.3) is 0 Å². The van der Waals surface area contributed by atoms with Crippen molar-refractivity contribution in [3.8, 4) is 5.75 Å². The molecule has 0 amide bonds. The summed E-state index contributed by atoms with van der Waals surface area (Å²) in [5.74, 6) is 0.990. The van der Waals surface area contributed by atoms with E-state index in [2.05, 4.69) is 37.8 Å². The van der Waals surface area contributed by atoms with Crippen molar-refractivity contribution in [2.45, 2.75) is 53.9 Å². The first-order valence-corrected chi connectivity index (χ1v) is 8.18. The summed E-state index contributed by atoms with van der Waals surface area (Å²) in [6, 6.07) is 8.28. The zero-order valence-electron chi connectivity index (χ0n) is 14.5. The molecule has 0 saturated carbocycles. The van der Waals surface area contributed by atoms with Crippen molar-refractivity contribution >= 4 is 0 Å². The Morgan fingerprint density at radius 2 is 1.48 bits per heavy atom. The highest BCUT2D eigenvalue weighted by Crippen LogP contribution is 2.12. The minimum atomic E-state index is 0. The molecular formula is C18H33INO-. The summed E-state index contributed by atoms with van der Waals surface area (Å²) >= 11 is 0. The Hall–Kier alpha value is -0.290. The molecule has 1 aromatic rings. The van der Waals surface area contributed by atoms with E-state index in [0.29, 0.717) is 0 Å². The Labute approximate surface area is 149 Å². The number of hydrogen-bond donors (Lipinski definition) is 0. The Balaban J connectivity index is 0. The van der Waals surface area contributed by atoms with Gasteiger partial charge in [0.2, 0.25) is 0 Å². The van der Waals surface area contributed by atoms with Gasteiger partial charge in [-0.2, -0.15) is 0 Å². The van der Waals surface area contributed by atoms with E-state index < -0.39 is 0 Å². The Morgan fingerprint density at radius 1 is 0.905 bits per heavy atom. The molecule has 0 aliphatic carbocycles. The van der Waals surface area contributed by atoms with Gasteiger partial charge >= 0.3 is 0 Å². The fourth-order valence-corrected chi connectivity index (χ4v) is 1.98. The lowest BCUT2D eigenvalue weighted by atomic mass is 10.2. The second-order valence-electron chi connectivity index (χ2n) is 4.75. The quantitative estimate of drug-likeness (QED) is 0.459. The van der Waals surface area contributed by atoms with Crippen molar-refractivity contribution in [3.05, 3.63) is 29.8 Å². The molecule has 0 bridgehead atoms. The van der Waals surface area contributed by atoms with Crippen LogP contribution < -0.4 is 28.7 Å². The van der Waals surface area contributed by atoms with Gasteiger partial charge in [0.05, 0.1) is 6.61 Å². The van der Waals surface area contributed by atoms with Gasteiger partial charge in [-0.05, 0) is 58.0 Å². The Kier molecular flexibility index (Phi) is 17.6. The number of unbranched alkanes of at least 4 members (excludes halogenated alkanes) is 2. The molecule has 0 heterocycles. The minimum absolute atomic E-state index is 0. The molecule has 0 aliphatic heterocycles. The average molecular weight is 406 g/mol. The molecule has 3 heteroatoms. The highest BCUT2D eigenvalue weighted by molar-refractivity contribution is 5.26. The van der Waals surface area contributed by atoms with E-state index in [4.69, 9.17) is 4.74 Å². The van der Waals surface area contributed by atoms with E-state index in [1.807, 2.05) is 26.0 Å². The minimum Gasteiger partial charge on any atom is -1.00 e. The van der Waals surface area contributed by atoms with Crippen molar-refractivity contribution in [2.75, 3.05) is 26.2 Å². The first kappa shape index (κ1) is 23.0. The lowest BCUT2D eigenvalue weighted by Crippen LogP contribution is -3.00. The second kappa shape index (κ2) is 16.1. The van der Waals surface area contributed by atoms with Crippen LogP contribution in [0.25, 0.3) is 0 Å².